The molecule has 122 valence electrons. The normalized spacial score (nSPS) is 13.3. The summed E-state index contributed by atoms with van der Waals surface area (Å²) in [5.41, 5.74) is 1.67. The van der Waals surface area contributed by atoms with Gasteiger partial charge in [0.1, 0.15) is 0 Å². The lowest BCUT2D eigenvalue weighted by Crippen LogP contribution is -2.25. The molecule has 0 aliphatic heterocycles. The highest BCUT2D eigenvalue weighted by atomic mass is 35.5. The van der Waals surface area contributed by atoms with Crippen molar-refractivity contribution in [3.05, 3.63) is 71.5 Å². The summed E-state index contributed by atoms with van der Waals surface area (Å²) < 4.78 is 0. The summed E-state index contributed by atoms with van der Waals surface area (Å²) in [6.07, 6.45) is -0.693. The number of benzene rings is 2. The Bertz CT molecular complexity index is 799. The van der Waals surface area contributed by atoms with Gasteiger partial charge in [0, 0.05) is 5.56 Å². The molecule has 5 nitrogen and oxygen atoms in total. The highest BCUT2D eigenvalue weighted by Crippen LogP contribution is 2.21. The summed E-state index contributed by atoms with van der Waals surface area (Å²) in [7, 11) is 0. The third kappa shape index (κ3) is 3.88. The molecule has 24 heavy (non-hydrogen) atoms. The van der Waals surface area contributed by atoms with Gasteiger partial charge in [-0.3, -0.25) is 0 Å². The number of hydrogen-bond acceptors (Lipinski definition) is 5. The molecule has 0 saturated heterocycles. The molecule has 0 amide bonds. The van der Waals surface area contributed by atoms with Crippen LogP contribution in [0, 0.1) is 0 Å². The molecule has 0 aliphatic rings. The molecule has 1 heterocycles. The van der Waals surface area contributed by atoms with Crippen LogP contribution in [0.3, 0.4) is 0 Å². The van der Waals surface area contributed by atoms with Crippen molar-refractivity contribution < 1.29 is 5.11 Å². The second-order valence-corrected chi connectivity index (χ2v) is 5.74. The Morgan fingerprint density at radius 3 is 2.21 bits per heavy atom. The van der Waals surface area contributed by atoms with Crippen LogP contribution in [-0.4, -0.2) is 26.1 Å². The molecule has 2 atom stereocenters. The number of nitrogens with one attached hydrogen (secondary N) is 1. The Labute approximate surface area is 145 Å². The predicted molar refractivity (Wildman–Crippen MR) is 94.8 cm³/mol. The van der Waals surface area contributed by atoms with E-state index in [4.69, 9.17) is 11.6 Å². The predicted octanol–water partition coefficient (Wildman–Crippen LogP) is 3.73. The topological polar surface area (TPSA) is 70.9 Å². The Balaban J connectivity index is 1.81. The van der Waals surface area contributed by atoms with E-state index in [0.29, 0.717) is 11.8 Å². The molecule has 0 saturated carbocycles. The molecule has 3 aromatic rings. The SMILES string of the molecule is C[C@@H](Nc1nc(Cl)nc(-c2ccccc2)n1)[C@@H](O)c1ccccc1. The quantitative estimate of drug-likeness (QED) is 0.740. The Hall–Kier alpha value is -2.50. The van der Waals surface area contributed by atoms with Crippen LogP contribution in [0.2, 0.25) is 5.28 Å². The van der Waals surface area contributed by atoms with Crippen molar-refractivity contribution in [1.29, 1.82) is 0 Å². The van der Waals surface area contributed by atoms with Gasteiger partial charge in [0.05, 0.1) is 12.1 Å². The second kappa shape index (κ2) is 7.38. The van der Waals surface area contributed by atoms with Gasteiger partial charge in [-0.25, -0.2) is 0 Å². The van der Waals surface area contributed by atoms with Crippen LogP contribution in [-0.2, 0) is 0 Å². The number of rotatable bonds is 5. The highest BCUT2D eigenvalue weighted by molar-refractivity contribution is 6.28. The van der Waals surface area contributed by atoms with Crippen molar-refractivity contribution in [2.45, 2.75) is 19.1 Å². The van der Waals surface area contributed by atoms with Gasteiger partial charge >= 0.3 is 0 Å². The fourth-order valence-electron chi connectivity index (χ4n) is 2.35. The van der Waals surface area contributed by atoms with Crippen LogP contribution in [0.25, 0.3) is 11.4 Å². The minimum Gasteiger partial charge on any atom is -0.386 e. The summed E-state index contributed by atoms with van der Waals surface area (Å²) >= 11 is 6.02. The van der Waals surface area contributed by atoms with Crippen LogP contribution >= 0.6 is 11.6 Å². The van der Waals surface area contributed by atoms with E-state index in [1.165, 1.54) is 0 Å². The van der Waals surface area contributed by atoms with Crippen LogP contribution in [0.15, 0.2) is 60.7 Å². The molecule has 0 aliphatic carbocycles. The molecule has 0 radical (unpaired) electrons. The van der Waals surface area contributed by atoms with Crippen LogP contribution in [0.1, 0.15) is 18.6 Å². The Morgan fingerprint density at radius 2 is 1.54 bits per heavy atom. The summed E-state index contributed by atoms with van der Waals surface area (Å²) in [5, 5.41) is 13.6. The fraction of sp³-hybridized carbons (Fsp3) is 0.167. The number of aromatic nitrogens is 3. The summed E-state index contributed by atoms with van der Waals surface area (Å²) in [6.45, 7) is 1.86. The van der Waals surface area contributed by atoms with Gasteiger partial charge < -0.3 is 10.4 Å². The Kier molecular flexibility index (Phi) is 5.03. The van der Waals surface area contributed by atoms with E-state index in [0.717, 1.165) is 11.1 Å². The maximum Gasteiger partial charge on any atom is 0.227 e. The molecule has 0 spiro atoms. The van der Waals surface area contributed by atoms with Gasteiger partial charge in [0.15, 0.2) is 5.82 Å². The van der Waals surface area contributed by atoms with E-state index in [9.17, 15) is 5.11 Å². The zero-order chi connectivity index (χ0) is 16.9. The van der Waals surface area contributed by atoms with E-state index in [1.54, 1.807) is 0 Å². The van der Waals surface area contributed by atoms with Crippen molar-refractivity contribution in [2.24, 2.45) is 0 Å². The van der Waals surface area contributed by atoms with Gasteiger partial charge in [-0.05, 0) is 24.1 Å². The zero-order valence-electron chi connectivity index (χ0n) is 13.1. The van der Waals surface area contributed by atoms with Gasteiger partial charge in [0.2, 0.25) is 11.2 Å². The molecule has 1 aromatic heterocycles. The molecule has 2 aromatic carbocycles. The van der Waals surface area contributed by atoms with Crippen molar-refractivity contribution in [2.75, 3.05) is 5.32 Å². The second-order valence-electron chi connectivity index (χ2n) is 5.41. The van der Waals surface area contributed by atoms with Gasteiger partial charge in [-0.1, -0.05) is 60.7 Å². The van der Waals surface area contributed by atoms with Gasteiger partial charge in [-0.15, -0.1) is 0 Å². The third-order valence-electron chi connectivity index (χ3n) is 3.61. The van der Waals surface area contributed by atoms with E-state index in [2.05, 4.69) is 20.3 Å². The van der Waals surface area contributed by atoms with E-state index in [-0.39, 0.29) is 11.3 Å². The maximum absolute atomic E-state index is 10.4. The number of nitrogens with zero attached hydrogens (tertiary/aromatic N) is 3. The lowest BCUT2D eigenvalue weighted by atomic mass is 10.0. The van der Waals surface area contributed by atoms with E-state index < -0.39 is 6.10 Å². The number of aliphatic hydroxyl groups is 1. The molecular formula is C18H17ClN4O. The minimum absolute atomic E-state index is 0.104. The van der Waals surface area contributed by atoms with E-state index >= 15 is 0 Å². The minimum atomic E-state index is -0.693. The van der Waals surface area contributed by atoms with Crippen LogP contribution in [0.5, 0.6) is 0 Å². The van der Waals surface area contributed by atoms with Crippen molar-refractivity contribution in [1.82, 2.24) is 15.0 Å². The summed E-state index contributed by atoms with van der Waals surface area (Å²) in [6, 6.07) is 18.7. The number of halogens is 1. The molecule has 2 N–H and O–H groups in total. The molecular weight excluding hydrogens is 324 g/mol. The van der Waals surface area contributed by atoms with Gasteiger partial charge in [-0.2, -0.15) is 15.0 Å². The summed E-state index contributed by atoms with van der Waals surface area (Å²) in [4.78, 5) is 12.6. The fourth-order valence-corrected chi connectivity index (χ4v) is 2.51. The lowest BCUT2D eigenvalue weighted by Gasteiger charge is -2.20. The average molecular weight is 341 g/mol. The average Bonchev–Trinajstić information content (AvgIpc) is 2.62. The van der Waals surface area contributed by atoms with Crippen molar-refractivity contribution in [3.8, 4) is 11.4 Å². The maximum atomic E-state index is 10.4. The van der Waals surface area contributed by atoms with Crippen molar-refractivity contribution in [3.63, 3.8) is 0 Å². The van der Waals surface area contributed by atoms with E-state index in [1.807, 2.05) is 67.6 Å². The third-order valence-corrected chi connectivity index (χ3v) is 3.78. The summed E-state index contributed by atoms with van der Waals surface area (Å²) in [5.74, 6) is 0.816. The Morgan fingerprint density at radius 1 is 0.917 bits per heavy atom. The molecule has 0 fully saturated rings. The zero-order valence-corrected chi connectivity index (χ0v) is 13.9. The molecule has 6 heteroatoms. The standard InChI is InChI=1S/C18H17ClN4O/c1-12(15(24)13-8-4-2-5-9-13)20-18-22-16(21-17(19)23-18)14-10-6-3-7-11-14/h2-12,15,24H,1H3,(H,20,21,22,23)/t12-,15-/m1/s1. The highest BCUT2D eigenvalue weighted by Gasteiger charge is 2.18. The number of aliphatic hydroxyl groups excluding tert-OH is 1. The van der Waals surface area contributed by atoms with Crippen LogP contribution in [0.4, 0.5) is 5.95 Å². The monoisotopic (exact) mass is 340 g/mol. The molecule has 0 bridgehead atoms. The molecule has 0 unspecified atom stereocenters. The largest absolute Gasteiger partial charge is 0.386 e. The number of anilines is 1. The first-order chi connectivity index (χ1) is 11.6. The first-order valence-electron chi connectivity index (χ1n) is 7.60. The molecule has 3 rings (SSSR count). The smallest absolute Gasteiger partial charge is 0.227 e. The lowest BCUT2D eigenvalue weighted by molar-refractivity contribution is 0.160. The van der Waals surface area contributed by atoms with Crippen LogP contribution < -0.4 is 5.32 Å². The van der Waals surface area contributed by atoms with Gasteiger partial charge in [0.25, 0.3) is 0 Å². The number of hydrogen-bond donors (Lipinski definition) is 2. The first kappa shape index (κ1) is 16.4. The van der Waals surface area contributed by atoms with Crippen molar-refractivity contribution >= 4 is 17.5 Å². The first-order valence-corrected chi connectivity index (χ1v) is 7.98.